The monoisotopic (exact) mass is 532 g/mol. The summed E-state index contributed by atoms with van der Waals surface area (Å²) in [6.07, 6.45) is 3.99. The van der Waals surface area contributed by atoms with Gasteiger partial charge in [0.15, 0.2) is 5.96 Å². The molecule has 1 aromatic carbocycles. The van der Waals surface area contributed by atoms with Gasteiger partial charge in [0.2, 0.25) is 0 Å². The first kappa shape index (κ1) is 22.6. The molecule has 1 saturated carbocycles. The summed E-state index contributed by atoms with van der Waals surface area (Å²) in [6, 6.07) is 8.21. The third-order valence-corrected chi connectivity index (χ3v) is 6.45. The fourth-order valence-electron chi connectivity index (χ4n) is 4.22. The summed E-state index contributed by atoms with van der Waals surface area (Å²) in [7, 11) is 1.83. The number of hydrogen-bond donors (Lipinski definition) is 1. The van der Waals surface area contributed by atoms with Crippen LogP contribution < -0.4 is 5.32 Å². The Kier molecular flexibility index (Phi) is 7.67. The number of benzene rings is 1. The number of aliphatic imine (C=N–C) groups is 1. The van der Waals surface area contributed by atoms with Crippen LogP contribution >= 0.6 is 35.6 Å². The molecule has 0 spiro atoms. The van der Waals surface area contributed by atoms with E-state index in [1.807, 2.05) is 24.1 Å². The number of halogens is 2. The molecule has 29 heavy (non-hydrogen) atoms. The molecule has 6 nitrogen and oxygen atoms in total. The van der Waals surface area contributed by atoms with Crippen LogP contribution in [0.25, 0.3) is 0 Å². The highest BCUT2D eigenvalue weighted by Crippen LogP contribution is 2.47. The van der Waals surface area contributed by atoms with E-state index in [-0.39, 0.29) is 41.4 Å². The first-order valence-electron chi connectivity index (χ1n) is 10.2. The zero-order valence-electron chi connectivity index (χ0n) is 16.9. The van der Waals surface area contributed by atoms with E-state index in [0.717, 1.165) is 56.5 Å². The van der Waals surface area contributed by atoms with Gasteiger partial charge in [0.25, 0.3) is 5.91 Å². The number of ether oxygens (including phenoxy) is 1. The molecule has 1 aromatic rings. The Morgan fingerprint density at radius 3 is 2.41 bits per heavy atom. The van der Waals surface area contributed by atoms with E-state index in [4.69, 9.17) is 16.3 Å². The molecule has 2 heterocycles. The number of carbonyl (C=O) groups excluding carboxylic acids is 1. The van der Waals surface area contributed by atoms with Crippen molar-refractivity contribution in [3.63, 3.8) is 0 Å². The molecule has 3 fully saturated rings. The molecule has 0 aromatic heterocycles. The van der Waals surface area contributed by atoms with Crippen LogP contribution in [-0.4, -0.2) is 74.1 Å². The van der Waals surface area contributed by atoms with Crippen molar-refractivity contribution in [2.24, 2.45) is 4.99 Å². The topological polar surface area (TPSA) is 57.2 Å². The van der Waals surface area contributed by atoms with E-state index in [1.165, 1.54) is 18.4 Å². The standard InChI is InChI=1S/C21H29ClN4O2.HI/c1-23-20(24-15-21(8-9-21)16-4-6-17(22)7-5-16)26-12-10-25(11-13-26)19(27)18-3-2-14-28-18;/h4-7,18H,2-3,8-15H2,1H3,(H,23,24);1H. The molecule has 8 heteroatoms. The number of hydrogen-bond acceptors (Lipinski definition) is 3. The number of piperazine rings is 1. The second-order valence-electron chi connectivity index (χ2n) is 8.00. The van der Waals surface area contributed by atoms with Gasteiger partial charge in [0.05, 0.1) is 0 Å². The lowest BCUT2D eigenvalue weighted by molar-refractivity contribution is -0.142. The SMILES string of the molecule is CN=C(NCC1(c2ccc(Cl)cc2)CC1)N1CCN(C(=O)C2CCCO2)CC1.I. The first-order chi connectivity index (χ1) is 13.6. The number of carbonyl (C=O) groups is 1. The molecule has 1 atom stereocenters. The van der Waals surface area contributed by atoms with Gasteiger partial charge in [-0.25, -0.2) is 0 Å². The lowest BCUT2D eigenvalue weighted by atomic mass is 9.96. The van der Waals surface area contributed by atoms with Gasteiger partial charge in [-0.05, 0) is 43.4 Å². The van der Waals surface area contributed by atoms with E-state index >= 15 is 0 Å². The van der Waals surface area contributed by atoms with Crippen LogP contribution in [0.2, 0.25) is 5.02 Å². The Labute approximate surface area is 195 Å². The van der Waals surface area contributed by atoms with Crippen LogP contribution in [0, 0.1) is 0 Å². The minimum Gasteiger partial charge on any atom is -0.368 e. The number of amides is 1. The summed E-state index contributed by atoms with van der Waals surface area (Å²) in [4.78, 5) is 21.2. The largest absolute Gasteiger partial charge is 0.368 e. The first-order valence-corrected chi connectivity index (χ1v) is 10.6. The molecular weight excluding hydrogens is 503 g/mol. The van der Waals surface area contributed by atoms with E-state index in [1.54, 1.807) is 0 Å². The Morgan fingerprint density at radius 1 is 1.21 bits per heavy atom. The van der Waals surface area contributed by atoms with Crippen LogP contribution in [0.5, 0.6) is 0 Å². The average molecular weight is 533 g/mol. The highest BCUT2D eigenvalue weighted by atomic mass is 127. The number of nitrogens with one attached hydrogen (secondary N) is 1. The summed E-state index contributed by atoms with van der Waals surface area (Å²) >= 11 is 6.03. The third-order valence-electron chi connectivity index (χ3n) is 6.20. The summed E-state index contributed by atoms with van der Waals surface area (Å²) in [5.74, 6) is 1.07. The quantitative estimate of drug-likeness (QED) is 0.368. The number of guanidine groups is 1. The Bertz CT molecular complexity index is 725. The molecular formula is C21H30ClIN4O2. The molecule has 1 N–H and O–H groups in total. The van der Waals surface area contributed by atoms with Crippen LogP contribution in [-0.2, 0) is 14.9 Å². The van der Waals surface area contributed by atoms with Crippen molar-refractivity contribution in [3.8, 4) is 0 Å². The molecule has 0 radical (unpaired) electrons. The van der Waals surface area contributed by atoms with Crippen molar-refractivity contribution in [2.45, 2.75) is 37.2 Å². The van der Waals surface area contributed by atoms with Crippen molar-refractivity contribution < 1.29 is 9.53 Å². The van der Waals surface area contributed by atoms with Gasteiger partial charge in [-0.2, -0.15) is 0 Å². The van der Waals surface area contributed by atoms with Gasteiger partial charge in [-0.1, -0.05) is 23.7 Å². The van der Waals surface area contributed by atoms with Gasteiger partial charge in [-0.3, -0.25) is 9.79 Å². The fraction of sp³-hybridized carbons (Fsp3) is 0.619. The maximum Gasteiger partial charge on any atom is 0.251 e. The van der Waals surface area contributed by atoms with Gasteiger partial charge < -0.3 is 19.9 Å². The van der Waals surface area contributed by atoms with E-state index < -0.39 is 0 Å². The minimum absolute atomic E-state index is 0. The summed E-state index contributed by atoms with van der Waals surface area (Å²) in [5, 5.41) is 4.35. The maximum absolute atomic E-state index is 12.5. The van der Waals surface area contributed by atoms with E-state index in [0.29, 0.717) is 6.61 Å². The van der Waals surface area contributed by atoms with Crippen LogP contribution in [0.4, 0.5) is 0 Å². The van der Waals surface area contributed by atoms with Gasteiger partial charge in [0, 0.05) is 56.8 Å². The zero-order chi connectivity index (χ0) is 19.6. The highest BCUT2D eigenvalue weighted by Gasteiger charge is 2.44. The van der Waals surface area contributed by atoms with Crippen molar-refractivity contribution >= 4 is 47.4 Å². The minimum atomic E-state index is -0.224. The molecule has 1 unspecified atom stereocenters. The second-order valence-corrected chi connectivity index (χ2v) is 8.44. The highest BCUT2D eigenvalue weighted by molar-refractivity contribution is 14.0. The van der Waals surface area contributed by atoms with Crippen LogP contribution in [0.1, 0.15) is 31.2 Å². The van der Waals surface area contributed by atoms with Crippen molar-refractivity contribution in [2.75, 3.05) is 46.4 Å². The summed E-state index contributed by atoms with van der Waals surface area (Å²) < 4.78 is 5.55. The molecule has 1 amide bonds. The van der Waals surface area contributed by atoms with Gasteiger partial charge in [0.1, 0.15) is 6.10 Å². The molecule has 2 aliphatic heterocycles. The molecule has 2 saturated heterocycles. The zero-order valence-corrected chi connectivity index (χ0v) is 20.0. The molecule has 0 bridgehead atoms. The van der Waals surface area contributed by atoms with E-state index in [9.17, 15) is 4.79 Å². The lowest BCUT2D eigenvalue weighted by Crippen LogP contribution is -2.55. The van der Waals surface area contributed by atoms with Crippen LogP contribution in [0.3, 0.4) is 0 Å². The Morgan fingerprint density at radius 2 is 1.86 bits per heavy atom. The van der Waals surface area contributed by atoms with Gasteiger partial charge >= 0.3 is 0 Å². The maximum atomic E-state index is 12.5. The normalized spacial score (nSPS) is 23.5. The second kappa shape index (κ2) is 9.83. The van der Waals surface area contributed by atoms with Gasteiger partial charge in [-0.15, -0.1) is 24.0 Å². The predicted molar refractivity (Wildman–Crippen MR) is 126 cm³/mol. The van der Waals surface area contributed by atoms with E-state index in [2.05, 4.69) is 27.3 Å². The van der Waals surface area contributed by atoms with Crippen molar-refractivity contribution in [1.29, 1.82) is 0 Å². The smallest absolute Gasteiger partial charge is 0.251 e. The third kappa shape index (κ3) is 5.17. The Balaban J connectivity index is 0.00000240. The summed E-state index contributed by atoms with van der Waals surface area (Å²) in [5.41, 5.74) is 1.53. The van der Waals surface area contributed by atoms with Crippen molar-refractivity contribution in [3.05, 3.63) is 34.9 Å². The fourth-order valence-corrected chi connectivity index (χ4v) is 4.34. The summed E-state index contributed by atoms with van der Waals surface area (Å²) in [6.45, 7) is 4.63. The Hall–Kier alpha value is -1.06. The molecule has 3 aliphatic rings. The number of nitrogens with zero attached hydrogens (tertiary/aromatic N) is 3. The molecule has 1 aliphatic carbocycles. The lowest BCUT2D eigenvalue weighted by Gasteiger charge is -2.37. The number of rotatable bonds is 4. The predicted octanol–water partition coefficient (Wildman–Crippen LogP) is 2.89. The molecule has 160 valence electrons. The van der Waals surface area contributed by atoms with Crippen LogP contribution in [0.15, 0.2) is 29.3 Å². The average Bonchev–Trinajstić information content (AvgIpc) is 3.31. The molecule has 4 rings (SSSR count). The van der Waals surface area contributed by atoms with Crippen molar-refractivity contribution in [1.82, 2.24) is 15.1 Å².